The van der Waals surface area contributed by atoms with Crippen LogP contribution in [0.2, 0.25) is 0 Å². The third-order valence-electron chi connectivity index (χ3n) is 4.67. The molecule has 1 aromatic carbocycles. The van der Waals surface area contributed by atoms with E-state index in [4.69, 9.17) is 4.74 Å². The maximum absolute atomic E-state index is 12.6. The predicted octanol–water partition coefficient (Wildman–Crippen LogP) is 2.27. The molecule has 3 heterocycles. The Hall–Kier alpha value is -3.27. The number of fused-ring (bicyclic) bond motifs is 1. The van der Waals surface area contributed by atoms with E-state index in [1.54, 1.807) is 40.6 Å². The first-order valence-electron chi connectivity index (χ1n) is 9.15. The van der Waals surface area contributed by atoms with Crippen LogP contribution in [0.25, 0.3) is 4.96 Å². The number of hydrogen-bond acceptors (Lipinski definition) is 7. The molecule has 0 spiro atoms. The van der Waals surface area contributed by atoms with Gasteiger partial charge in [-0.15, -0.1) is 16.4 Å². The summed E-state index contributed by atoms with van der Waals surface area (Å²) in [4.78, 5) is 43.3. The second-order valence-electron chi connectivity index (χ2n) is 6.67. The molecular formula is C19H19N5O4S. The van der Waals surface area contributed by atoms with E-state index in [0.717, 1.165) is 5.69 Å². The Kier molecular flexibility index (Phi) is 5.01. The minimum Gasteiger partial charge on any atom is -0.462 e. The number of aromatic nitrogens is 3. The number of carbonyl (C=O) groups excluding carboxylic acids is 3. The van der Waals surface area contributed by atoms with Gasteiger partial charge in [-0.25, -0.2) is 9.31 Å². The van der Waals surface area contributed by atoms with Gasteiger partial charge in [-0.3, -0.25) is 14.9 Å². The Bertz CT molecular complexity index is 1090. The van der Waals surface area contributed by atoms with E-state index in [1.807, 2.05) is 12.3 Å². The molecule has 3 aromatic rings. The van der Waals surface area contributed by atoms with Gasteiger partial charge in [0.25, 0.3) is 0 Å². The summed E-state index contributed by atoms with van der Waals surface area (Å²) in [6.07, 6.45) is 0.104. The maximum atomic E-state index is 12.6. The topological polar surface area (TPSA) is 106 Å². The summed E-state index contributed by atoms with van der Waals surface area (Å²) in [5.74, 6) is -1.13. The first-order chi connectivity index (χ1) is 14.0. The van der Waals surface area contributed by atoms with Crippen molar-refractivity contribution in [1.29, 1.82) is 0 Å². The number of anilines is 2. The number of esters is 1. The van der Waals surface area contributed by atoms with Crippen molar-refractivity contribution in [3.8, 4) is 0 Å². The Morgan fingerprint density at radius 1 is 1.31 bits per heavy atom. The second kappa shape index (κ2) is 7.63. The zero-order chi connectivity index (χ0) is 20.5. The van der Waals surface area contributed by atoms with Gasteiger partial charge in [0.15, 0.2) is 0 Å². The molecule has 1 N–H and O–H groups in total. The maximum Gasteiger partial charge on any atom is 0.338 e. The Morgan fingerprint density at radius 2 is 2.07 bits per heavy atom. The standard InChI is InChI=1S/C19H19N5O4S/c1-3-28-17(27)12-4-6-14(7-5-12)23-9-13(8-15(23)25)16(26)20-18-21-19-24(22-18)11(2)10-29-19/h4-7,10,13H,3,8-9H2,1-2H3,(H,20,22,26). The molecule has 0 aliphatic carbocycles. The van der Waals surface area contributed by atoms with Crippen LogP contribution in [0.15, 0.2) is 29.6 Å². The number of carbonyl (C=O) groups is 3. The molecule has 1 fully saturated rings. The molecule has 1 unspecified atom stereocenters. The van der Waals surface area contributed by atoms with E-state index in [9.17, 15) is 14.4 Å². The number of aryl methyl sites for hydroxylation is 1. The van der Waals surface area contributed by atoms with Crippen LogP contribution in [0.1, 0.15) is 29.4 Å². The van der Waals surface area contributed by atoms with Crippen molar-refractivity contribution < 1.29 is 19.1 Å². The number of thiazole rings is 1. The highest BCUT2D eigenvalue weighted by atomic mass is 32.1. The fourth-order valence-corrected chi connectivity index (χ4v) is 3.98. The second-order valence-corrected chi connectivity index (χ2v) is 7.51. The molecule has 9 nitrogen and oxygen atoms in total. The average molecular weight is 413 g/mol. The molecule has 2 amide bonds. The van der Waals surface area contributed by atoms with Crippen molar-refractivity contribution in [2.45, 2.75) is 20.3 Å². The molecule has 2 aromatic heterocycles. The quantitative estimate of drug-likeness (QED) is 0.643. The molecule has 0 radical (unpaired) electrons. The van der Waals surface area contributed by atoms with E-state index in [-0.39, 0.29) is 30.7 Å². The van der Waals surface area contributed by atoms with Gasteiger partial charge in [-0.1, -0.05) is 0 Å². The van der Waals surface area contributed by atoms with Crippen LogP contribution in [0, 0.1) is 12.8 Å². The molecule has 0 saturated carbocycles. The first-order valence-corrected chi connectivity index (χ1v) is 10.0. The van der Waals surface area contributed by atoms with E-state index < -0.39 is 11.9 Å². The van der Waals surface area contributed by atoms with Crippen LogP contribution in [-0.4, -0.2) is 45.5 Å². The monoisotopic (exact) mass is 413 g/mol. The lowest BCUT2D eigenvalue weighted by atomic mass is 10.1. The fraction of sp³-hybridized carbons (Fsp3) is 0.316. The molecule has 150 valence electrons. The number of rotatable bonds is 5. The van der Waals surface area contributed by atoms with Crippen LogP contribution >= 0.6 is 11.3 Å². The molecule has 1 aliphatic rings. The molecule has 4 rings (SSSR count). The van der Waals surface area contributed by atoms with E-state index in [2.05, 4.69) is 15.4 Å². The van der Waals surface area contributed by atoms with E-state index in [0.29, 0.717) is 22.8 Å². The highest BCUT2D eigenvalue weighted by Gasteiger charge is 2.35. The summed E-state index contributed by atoms with van der Waals surface area (Å²) in [6.45, 7) is 4.20. The molecule has 10 heteroatoms. The van der Waals surface area contributed by atoms with Crippen LogP contribution in [0.5, 0.6) is 0 Å². The first kappa shape index (κ1) is 19.1. The van der Waals surface area contributed by atoms with Gasteiger partial charge >= 0.3 is 5.97 Å². The normalized spacial score (nSPS) is 16.4. The summed E-state index contributed by atoms with van der Waals surface area (Å²) in [6, 6.07) is 6.58. The van der Waals surface area contributed by atoms with Gasteiger partial charge < -0.3 is 9.64 Å². The minimum absolute atomic E-state index is 0.104. The van der Waals surface area contributed by atoms with Gasteiger partial charge in [0.2, 0.25) is 22.7 Å². The molecule has 1 aliphatic heterocycles. The zero-order valence-corrected chi connectivity index (χ0v) is 16.7. The average Bonchev–Trinajstić information content (AvgIpc) is 3.38. The highest BCUT2D eigenvalue weighted by Crippen LogP contribution is 2.26. The Morgan fingerprint density at radius 3 is 2.76 bits per heavy atom. The number of amides is 2. The van der Waals surface area contributed by atoms with Crippen LogP contribution < -0.4 is 10.2 Å². The van der Waals surface area contributed by atoms with Crippen molar-refractivity contribution >= 4 is 45.7 Å². The van der Waals surface area contributed by atoms with E-state index >= 15 is 0 Å². The van der Waals surface area contributed by atoms with Crippen LogP contribution in [0.3, 0.4) is 0 Å². The van der Waals surface area contributed by atoms with Crippen molar-refractivity contribution in [3.05, 3.63) is 40.9 Å². The Balaban J connectivity index is 1.42. The SMILES string of the molecule is CCOC(=O)c1ccc(N2CC(C(=O)Nc3nc4scc(C)n4n3)CC2=O)cc1. The molecular weight excluding hydrogens is 394 g/mol. The van der Waals surface area contributed by atoms with Crippen molar-refractivity contribution in [2.24, 2.45) is 5.92 Å². The van der Waals surface area contributed by atoms with Crippen molar-refractivity contribution in [1.82, 2.24) is 14.6 Å². The summed E-state index contributed by atoms with van der Waals surface area (Å²) in [5.41, 5.74) is 1.98. The lowest BCUT2D eigenvalue weighted by Crippen LogP contribution is -2.28. The van der Waals surface area contributed by atoms with E-state index in [1.165, 1.54) is 11.3 Å². The summed E-state index contributed by atoms with van der Waals surface area (Å²) < 4.78 is 6.62. The summed E-state index contributed by atoms with van der Waals surface area (Å²) in [7, 11) is 0. The highest BCUT2D eigenvalue weighted by molar-refractivity contribution is 7.15. The summed E-state index contributed by atoms with van der Waals surface area (Å²) >= 11 is 1.44. The van der Waals surface area contributed by atoms with Gasteiger partial charge in [0.1, 0.15) is 0 Å². The van der Waals surface area contributed by atoms with Crippen LogP contribution in [-0.2, 0) is 14.3 Å². The molecule has 0 bridgehead atoms. The molecule has 29 heavy (non-hydrogen) atoms. The number of nitrogens with zero attached hydrogens (tertiary/aromatic N) is 4. The third-order valence-corrected chi connectivity index (χ3v) is 5.60. The summed E-state index contributed by atoms with van der Waals surface area (Å²) in [5, 5.41) is 8.90. The zero-order valence-electron chi connectivity index (χ0n) is 15.9. The fourth-order valence-electron chi connectivity index (χ4n) is 3.18. The smallest absolute Gasteiger partial charge is 0.338 e. The molecule has 1 atom stereocenters. The van der Waals surface area contributed by atoms with Gasteiger partial charge in [0.05, 0.1) is 23.8 Å². The largest absolute Gasteiger partial charge is 0.462 e. The lowest BCUT2D eigenvalue weighted by molar-refractivity contribution is -0.122. The van der Waals surface area contributed by atoms with Crippen molar-refractivity contribution in [3.63, 3.8) is 0 Å². The minimum atomic E-state index is -0.505. The molecule has 1 saturated heterocycles. The number of nitrogens with one attached hydrogen (secondary N) is 1. The lowest BCUT2D eigenvalue weighted by Gasteiger charge is -2.16. The van der Waals surface area contributed by atoms with Gasteiger partial charge in [-0.05, 0) is 38.1 Å². The third kappa shape index (κ3) is 3.70. The van der Waals surface area contributed by atoms with Crippen LogP contribution in [0.4, 0.5) is 11.6 Å². The van der Waals surface area contributed by atoms with Gasteiger partial charge in [0, 0.05) is 24.0 Å². The number of hydrogen-bond donors (Lipinski definition) is 1. The number of benzene rings is 1. The van der Waals surface area contributed by atoms with Gasteiger partial charge in [-0.2, -0.15) is 4.98 Å². The Labute approximate surface area is 170 Å². The predicted molar refractivity (Wildman–Crippen MR) is 107 cm³/mol. The number of ether oxygens (including phenoxy) is 1. The van der Waals surface area contributed by atoms with Crippen molar-refractivity contribution in [2.75, 3.05) is 23.4 Å².